The number of ether oxygens (including phenoxy) is 3. The van der Waals surface area contributed by atoms with Crippen LogP contribution in [0.15, 0.2) is 12.1 Å². The molecule has 6 nitrogen and oxygen atoms in total. The lowest BCUT2D eigenvalue weighted by Crippen LogP contribution is -2.27. The molecule has 1 aromatic carbocycles. The molecule has 128 valence electrons. The smallest absolute Gasteiger partial charge is 0.255 e. The molecule has 0 atom stereocenters. The number of rotatable bonds is 7. The Morgan fingerprint density at radius 3 is 2.87 bits per heavy atom. The average Bonchev–Trinajstić information content (AvgIpc) is 2.57. The molecule has 1 heterocycles. The molecular formula is C16H23ClN2O4. The molecule has 7 heteroatoms. The predicted molar refractivity (Wildman–Crippen MR) is 89.2 cm³/mol. The van der Waals surface area contributed by atoms with E-state index in [2.05, 4.69) is 5.32 Å². The Morgan fingerprint density at radius 2 is 2.17 bits per heavy atom. The van der Waals surface area contributed by atoms with E-state index < -0.39 is 0 Å². The van der Waals surface area contributed by atoms with Crippen molar-refractivity contribution in [1.29, 1.82) is 0 Å². The largest absolute Gasteiger partial charge is 0.496 e. The van der Waals surface area contributed by atoms with Crippen LogP contribution in [0.4, 0.5) is 5.69 Å². The van der Waals surface area contributed by atoms with Crippen LogP contribution in [0.2, 0.25) is 5.02 Å². The van der Waals surface area contributed by atoms with Gasteiger partial charge in [-0.2, -0.15) is 0 Å². The molecule has 0 aliphatic carbocycles. The third kappa shape index (κ3) is 5.27. The normalized spacial score (nSPS) is 15.4. The monoisotopic (exact) mass is 342 g/mol. The van der Waals surface area contributed by atoms with E-state index in [1.165, 1.54) is 13.2 Å². The second-order valence-corrected chi connectivity index (χ2v) is 5.77. The summed E-state index contributed by atoms with van der Waals surface area (Å²) in [4.78, 5) is 12.2. The van der Waals surface area contributed by atoms with Crippen molar-refractivity contribution in [2.75, 3.05) is 39.2 Å². The van der Waals surface area contributed by atoms with E-state index >= 15 is 0 Å². The average molecular weight is 343 g/mol. The Bertz CT molecular complexity index is 533. The molecule has 23 heavy (non-hydrogen) atoms. The highest BCUT2D eigenvalue weighted by molar-refractivity contribution is 6.33. The first-order chi connectivity index (χ1) is 11.1. The summed E-state index contributed by atoms with van der Waals surface area (Å²) in [5, 5.41) is 3.17. The van der Waals surface area contributed by atoms with Crippen molar-refractivity contribution >= 4 is 23.2 Å². The summed E-state index contributed by atoms with van der Waals surface area (Å²) in [7, 11) is 1.49. The summed E-state index contributed by atoms with van der Waals surface area (Å²) < 4.78 is 16.2. The summed E-state index contributed by atoms with van der Waals surface area (Å²) in [5.41, 5.74) is 6.46. The Morgan fingerprint density at radius 1 is 1.43 bits per heavy atom. The van der Waals surface area contributed by atoms with E-state index in [0.717, 1.165) is 32.5 Å². The van der Waals surface area contributed by atoms with Gasteiger partial charge in [-0.25, -0.2) is 0 Å². The van der Waals surface area contributed by atoms with E-state index in [-0.39, 0.29) is 12.0 Å². The highest BCUT2D eigenvalue weighted by atomic mass is 35.5. The lowest BCUT2D eigenvalue weighted by molar-refractivity contribution is -0.0321. The van der Waals surface area contributed by atoms with Gasteiger partial charge in [-0.3, -0.25) is 4.79 Å². The van der Waals surface area contributed by atoms with Crippen LogP contribution in [0.25, 0.3) is 0 Å². The van der Waals surface area contributed by atoms with Crippen molar-refractivity contribution in [3.8, 4) is 5.75 Å². The van der Waals surface area contributed by atoms with Crippen molar-refractivity contribution in [3.05, 3.63) is 22.7 Å². The number of methoxy groups -OCH3 is 1. The maximum atomic E-state index is 12.2. The van der Waals surface area contributed by atoms with Gasteiger partial charge in [0.25, 0.3) is 5.91 Å². The topological polar surface area (TPSA) is 82.8 Å². The molecular weight excluding hydrogens is 320 g/mol. The van der Waals surface area contributed by atoms with Crippen molar-refractivity contribution in [1.82, 2.24) is 5.32 Å². The number of amides is 1. The van der Waals surface area contributed by atoms with E-state index in [9.17, 15) is 4.79 Å². The van der Waals surface area contributed by atoms with Gasteiger partial charge in [0.15, 0.2) is 0 Å². The molecule has 1 aliphatic heterocycles. The van der Waals surface area contributed by atoms with E-state index in [1.54, 1.807) is 6.07 Å². The lowest BCUT2D eigenvalue weighted by Gasteiger charge is -2.22. The van der Waals surface area contributed by atoms with E-state index in [0.29, 0.717) is 35.2 Å². The van der Waals surface area contributed by atoms with Gasteiger partial charge in [0.1, 0.15) is 5.75 Å². The fraction of sp³-hybridized carbons (Fsp3) is 0.562. The van der Waals surface area contributed by atoms with Gasteiger partial charge in [-0.05, 0) is 25.3 Å². The molecule has 1 fully saturated rings. The highest BCUT2D eigenvalue weighted by Crippen LogP contribution is 2.28. The highest BCUT2D eigenvalue weighted by Gasteiger charge is 2.15. The minimum atomic E-state index is -0.241. The van der Waals surface area contributed by atoms with Crippen molar-refractivity contribution < 1.29 is 19.0 Å². The van der Waals surface area contributed by atoms with Gasteiger partial charge >= 0.3 is 0 Å². The number of benzene rings is 1. The third-order valence-corrected chi connectivity index (χ3v) is 4.02. The van der Waals surface area contributed by atoms with Crippen LogP contribution in [0.1, 0.15) is 29.6 Å². The van der Waals surface area contributed by atoms with Gasteiger partial charge in [0.05, 0.1) is 29.5 Å². The fourth-order valence-corrected chi connectivity index (χ4v) is 2.54. The number of carbonyl (C=O) groups is 1. The van der Waals surface area contributed by atoms with Crippen molar-refractivity contribution in [2.45, 2.75) is 25.4 Å². The number of nitrogens with two attached hydrogens (primary N) is 1. The molecule has 0 unspecified atom stereocenters. The second-order valence-electron chi connectivity index (χ2n) is 5.37. The predicted octanol–water partition coefficient (Wildman–Crippen LogP) is 2.25. The molecule has 0 saturated carbocycles. The summed E-state index contributed by atoms with van der Waals surface area (Å²) >= 11 is 5.97. The summed E-state index contributed by atoms with van der Waals surface area (Å²) in [6, 6.07) is 3.06. The van der Waals surface area contributed by atoms with Crippen LogP contribution in [0, 0.1) is 0 Å². The molecule has 2 rings (SSSR count). The van der Waals surface area contributed by atoms with E-state index in [4.69, 9.17) is 31.5 Å². The maximum Gasteiger partial charge on any atom is 0.255 e. The molecule has 1 aliphatic rings. The fourth-order valence-electron chi connectivity index (χ4n) is 2.38. The van der Waals surface area contributed by atoms with Crippen LogP contribution in [0.3, 0.4) is 0 Å². The number of nitrogens with one attached hydrogen (secondary N) is 1. The maximum absolute atomic E-state index is 12.2. The summed E-state index contributed by atoms with van der Waals surface area (Å²) in [6.45, 7) is 2.66. The Hall–Kier alpha value is -1.50. The molecule has 1 aromatic rings. The van der Waals surface area contributed by atoms with Crippen molar-refractivity contribution in [3.63, 3.8) is 0 Å². The van der Waals surface area contributed by atoms with Crippen LogP contribution < -0.4 is 15.8 Å². The molecule has 0 spiro atoms. The molecule has 1 amide bonds. The molecule has 0 aromatic heterocycles. The number of hydrogen-bond acceptors (Lipinski definition) is 5. The Balaban J connectivity index is 1.75. The van der Waals surface area contributed by atoms with Crippen LogP contribution >= 0.6 is 11.6 Å². The zero-order valence-electron chi connectivity index (χ0n) is 13.3. The summed E-state index contributed by atoms with van der Waals surface area (Å²) in [6.07, 6.45) is 2.89. The summed E-state index contributed by atoms with van der Waals surface area (Å²) in [5.74, 6) is 0.165. The number of hydrogen-bond donors (Lipinski definition) is 2. The Labute approximate surface area is 141 Å². The van der Waals surface area contributed by atoms with Crippen molar-refractivity contribution in [2.24, 2.45) is 0 Å². The van der Waals surface area contributed by atoms with Gasteiger partial charge in [-0.1, -0.05) is 11.6 Å². The number of nitrogen functional groups attached to an aromatic ring is 1. The SMILES string of the molecule is COc1cc(N)c(Cl)cc1C(=O)NCCCOC1CCOCC1. The quantitative estimate of drug-likeness (QED) is 0.586. The van der Waals surface area contributed by atoms with Crippen LogP contribution in [0.5, 0.6) is 5.75 Å². The Kier molecular flexibility index (Phi) is 6.95. The minimum Gasteiger partial charge on any atom is -0.496 e. The van der Waals surface area contributed by atoms with Gasteiger partial charge in [0, 0.05) is 32.4 Å². The second kappa shape index (κ2) is 8.96. The first-order valence-corrected chi connectivity index (χ1v) is 8.10. The zero-order chi connectivity index (χ0) is 16.7. The first kappa shape index (κ1) is 17.8. The number of halogens is 1. The standard InChI is InChI=1S/C16H23ClN2O4/c1-21-15-10-14(18)13(17)9-12(15)16(20)19-5-2-6-23-11-3-7-22-8-4-11/h9-11H,2-8,18H2,1H3,(H,19,20). The van der Waals surface area contributed by atoms with E-state index in [1.807, 2.05) is 0 Å². The van der Waals surface area contributed by atoms with Gasteiger partial charge < -0.3 is 25.3 Å². The molecule has 0 radical (unpaired) electrons. The number of carbonyl (C=O) groups excluding carboxylic acids is 1. The van der Waals surface area contributed by atoms with Gasteiger partial charge in [0.2, 0.25) is 0 Å². The molecule has 3 N–H and O–H groups in total. The first-order valence-electron chi connectivity index (χ1n) is 7.72. The van der Waals surface area contributed by atoms with Crippen LogP contribution in [-0.2, 0) is 9.47 Å². The lowest BCUT2D eigenvalue weighted by atomic mass is 10.1. The molecule has 1 saturated heterocycles. The zero-order valence-corrected chi connectivity index (χ0v) is 14.0. The third-order valence-electron chi connectivity index (χ3n) is 3.69. The minimum absolute atomic E-state index is 0.241. The number of anilines is 1. The van der Waals surface area contributed by atoms with Gasteiger partial charge in [-0.15, -0.1) is 0 Å². The molecule has 0 bridgehead atoms. The van der Waals surface area contributed by atoms with Crippen LogP contribution in [-0.4, -0.2) is 45.5 Å².